The van der Waals surface area contributed by atoms with E-state index in [0.29, 0.717) is 12.8 Å². The zero-order valence-corrected chi connectivity index (χ0v) is 14.1. The molecular formula is C15H18N2O4S2. The van der Waals surface area contributed by atoms with Gasteiger partial charge in [0.2, 0.25) is 0 Å². The highest BCUT2D eigenvalue weighted by Crippen LogP contribution is 2.22. The first-order chi connectivity index (χ1) is 11.0. The third-order valence-electron chi connectivity index (χ3n) is 4.12. The second-order valence-corrected chi connectivity index (χ2v) is 8.33. The quantitative estimate of drug-likeness (QED) is 0.860. The van der Waals surface area contributed by atoms with Gasteiger partial charge in [-0.15, -0.1) is 11.3 Å². The molecule has 0 aliphatic carbocycles. The molecule has 0 bridgehead atoms. The van der Waals surface area contributed by atoms with Crippen LogP contribution in [0.1, 0.15) is 18.4 Å². The second-order valence-electron chi connectivity index (χ2n) is 5.63. The van der Waals surface area contributed by atoms with Gasteiger partial charge in [0.25, 0.3) is 10.2 Å². The van der Waals surface area contributed by atoms with Crippen LogP contribution in [-0.4, -0.2) is 36.9 Å². The van der Waals surface area contributed by atoms with Gasteiger partial charge in [-0.05, 0) is 47.4 Å². The van der Waals surface area contributed by atoms with Crippen LogP contribution in [0, 0.1) is 5.92 Å². The number of fused-ring (bicyclic) bond motifs is 1. The number of thiophene rings is 1. The molecule has 0 radical (unpaired) electrons. The van der Waals surface area contributed by atoms with Crippen molar-refractivity contribution in [3.63, 3.8) is 0 Å². The van der Waals surface area contributed by atoms with Crippen LogP contribution < -0.4 is 4.72 Å². The maximum Gasteiger partial charge on any atom is 0.306 e. The lowest BCUT2D eigenvalue weighted by Crippen LogP contribution is -2.45. The molecule has 8 heteroatoms. The molecular weight excluding hydrogens is 336 g/mol. The van der Waals surface area contributed by atoms with Gasteiger partial charge in [0.15, 0.2) is 0 Å². The largest absolute Gasteiger partial charge is 0.481 e. The van der Waals surface area contributed by atoms with Crippen LogP contribution in [0.3, 0.4) is 0 Å². The number of aliphatic carboxylic acids is 1. The average molecular weight is 354 g/mol. The molecule has 1 fully saturated rings. The summed E-state index contributed by atoms with van der Waals surface area (Å²) in [5.74, 6) is -1.29. The summed E-state index contributed by atoms with van der Waals surface area (Å²) in [5.41, 5.74) is 0.903. The van der Waals surface area contributed by atoms with Crippen molar-refractivity contribution in [2.45, 2.75) is 19.4 Å². The molecule has 23 heavy (non-hydrogen) atoms. The summed E-state index contributed by atoms with van der Waals surface area (Å²) in [6.07, 6.45) is 0.716. The van der Waals surface area contributed by atoms with Gasteiger partial charge < -0.3 is 5.11 Å². The van der Waals surface area contributed by atoms with Gasteiger partial charge in [-0.25, -0.2) is 0 Å². The van der Waals surface area contributed by atoms with Crippen molar-refractivity contribution >= 4 is 37.6 Å². The Bertz CT molecular complexity index is 808. The van der Waals surface area contributed by atoms with E-state index in [1.807, 2.05) is 29.6 Å². The molecule has 0 spiro atoms. The lowest BCUT2D eigenvalue weighted by atomic mass is 9.99. The molecule has 0 saturated carbocycles. The summed E-state index contributed by atoms with van der Waals surface area (Å²) >= 11 is 1.65. The maximum absolute atomic E-state index is 12.3. The van der Waals surface area contributed by atoms with E-state index in [1.54, 1.807) is 11.3 Å². The van der Waals surface area contributed by atoms with E-state index in [4.69, 9.17) is 5.11 Å². The molecule has 1 aromatic heterocycles. The molecule has 6 nitrogen and oxygen atoms in total. The maximum atomic E-state index is 12.3. The molecule has 2 aromatic rings. The van der Waals surface area contributed by atoms with Gasteiger partial charge >= 0.3 is 5.97 Å². The Morgan fingerprint density at radius 2 is 2.04 bits per heavy atom. The normalized spacial score (nSPS) is 17.6. The first kappa shape index (κ1) is 16.4. The Balaban J connectivity index is 1.61. The Morgan fingerprint density at radius 3 is 2.74 bits per heavy atom. The second kappa shape index (κ2) is 6.56. The predicted molar refractivity (Wildman–Crippen MR) is 89.5 cm³/mol. The van der Waals surface area contributed by atoms with E-state index in [2.05, 4.69) is 4.72 Å². The minimum Gasteiger partial charge on any atom is -0.481 e. The Kier molecular flexibility index (Phi) is 4.67. The first-order valence-electron chi connectivity index (χ1n) is 7.39. The van der Waals surface area contributed by atoms with Crippen LogP contribution in [0.25, 0.3) is 10.1 Å². The summed E-state index contributed by atoms with van der Waals surface area (Å²) in [5, 5.41) is 12.1. The predicted octanol–water partition coefficient (Wildman–Crippen LogP) is 2.03. The fourth-order valence-corrected chi connectivity index (χ4v) is 4.73. The van der Waals surface area contributed by atoms with Crippen molar-refractivity contribution in [3.05, 3.63) is 35.2 Å². The lowest BCUT2D eigenvalue weighted by molar-refractivity contribution is -0.142. The fraction of sp³-hybridized carbons (Fsp3) is 0.400. The van der Waals surface area contributed by atoms with E-state index in [-0.39, 0.29) is 19.6 Å². The summed E-state index contributed by atoms with van der Waals surface area (Å²) in [6, 6.07) is 7.89. The molecule has 0 amide bonds. The SMILES string of the molecule is O=C(O)C1CCN(S(=O)(=O)NCc2ccc3sccc3c2)CC1. The van der Waals surface area contributed by atoms with Gasteiger partial charge in [-0.2, -0.15) is 17.4 Å². The molecule has 2 heterocycles. The number of carboxylic acids is 1. The van der Waals surface area contributed by atoms with Crippen molar-refractivity contribution in [3.8, 4) is 0 Å². The van der Waals surface area contributed by atoms with Crippen LogP contribution in [0.4, 0.5) is 0 Å². The van der Waals surface area contributed by atoms with Crippen molar-refractivity contribution in [2.24, 2.45) is 5.92 Å². The highest BCUT2D eigenvalue weighted by atomic mass is 32.2. The van der Waals surface area contributed by atoms with Crippen molar-refractivity contribution in [2.75, 3.05) is 13.1 Å². The number of benzene rings is 1. The number of rotatable bonds is 5. The Labute approximate surface area is 138 Å². The summed E-state index contributed by atoms with van der Waals surface area (Å²) in [7, 11) is -3.58. The zero-order valence-electron chi connectivity index (χ0n) is 12.4. The molecule has 1 saturated heterocycles. The summed E-state index contributed by atoms with van der Waals surface area (Å²) in [6.45, 7) is 0.721. The van der Waals surface area contributed by atoms with Crippen LogP contribution >= 0.6 is 11.3 Å². The van der Waals surface area contributed by atoms with Gasteiger partial charge in [0, 0.05) is 24.3 Å². The third-order valence-corrected chi connectivity index (χ3v) is 6.57. The fourth-order valence-electron chi connectivity index (χ4n) is 2.74. The number of nitrogens with zero attached hydrogens (tertiary/aromatic N) is 1. The number of nitrogens with one attached hydrogen (secondary N) is 1. The molecule has 0 atom stereocenters. The van der Waals surface area contributed by atoms with E-state index in [1.165, 1.54) is 9.01 Å². The standard InChI is InChI=1S/C15H18N2O4S2/c18-15(19)12-3-6-17(7-4-12)23(20,21)16-10-11-1-2-14-13(9-11)5-8-22-14/h1-2,5,8-9,12,16H,3-4,6-7,10H2,(H,18,19). The molecule has 1 aromatic carbocycles. The van der Waals surface area contributed by atoms with E-state index in [0.717, 1.165) is 10.9 Å². The number of carbonyl (C=O) groups is 1. The smallest absolute Gasteiger partial charge is 0.306 e. The van der Waals surface area contributed by atoms with Gasteiger partial charge in [0.05, 0.1) is 5.92 Å². The van der Waals surface area contributed by atoms with Crippen LogP contribution in [-0.2, 0) is 21.5 Å². The summed E-state index contributed by atoms with van der Waals surface area (Å²) in [4.78, 5) is 10.9. The van der Waals surface area contributed by atoms with E-state index in [9.17, 15) is 13.2 Å². The van der Waals surface area contributed by atoms with Gasteiger partial charge in [-0.1, -0.05) is 6.07 Å². The molecule has 0 unspecified atom stereocenters. The topological polar surface area (TPSA) is 86.7 Å². The molecule has 1 aliphatic heterocycles. The Morgan fingerprint density at radius 1 is 1.30 bits per heavy atom. The minimum atomic E-state index is -3.58. The molecule has 2 N–H and O–H groups in total. The molecule has 3 rings (SSSR count). The first-order valence-corrected chi connectivity index (χ1v) is 9.71. The van der Waals surface area contributed by atoms with Crippen molar-refractivity contribution in [1.29, 1.82) is 0 Å². The Hall–Kier alpha value is -1.48. The number of carboxylic acid groups (broad SMARTS) is 1. The van der Waals surface area contributed by atoms with Crippen LogP contribution in [0.5, 0.6) is 0 Å². The van der Waals surface area contributed by atoms with E-state index >= 15 is 0 Å². The van der Waals surface area contributed by atoms with Gasteiger partial charge in [0.1, 0.15) is 0 Å². The van der Waals surface area contributed by atoms with Crippen molar-refractivity contribution in [1.82, 2.24) is 9.03 Å². The average Bonchev–Trinajstić information content (AvgIpc) is 3.01. The highest BCUT2D eigenvalue weighted by molar-refractivity contribution is 7.87. The number of hydrogen-bond donors (Lipinski definition) is 2. The molecule has 124 valence electrons. The third kappa shape index (κ3) is 3.72. The van der Waals surface area contributed by atoms with Gasteiger partial charge in [-0.3, -0.25) is 4.79 Å². The zero-order chi connectivity index (χ0) is 16.4. The summed E-state index contributed by atoms with van der Waals surface area (Å²) < 4.78 is 29.7. The van der Waals surface area contributed by atoms with Crippen LogP contribution in [0.2, 0.25) is 0 Å². The van der Waals surface area contributed by atoms with E-state index < -0.39 is 22.1 Å². The lowest BCUT2D eigenvalue weighted by Gasteiger charge is -2.29. The number of hydrogen-bond acceptors (Lipinski definition) is 4. The minimum absolute atomic E-state index is 0.229. The highest BCUT2D eigenvalue weighted by Gasteiger charge is 2.30. The molecule has 1 aliphatic rings. The monoisotopic (exact) mass is 354 g/mol. The van der Waals surface area contributed by atoms with Crippen molar-refractivity contribution < 1.29 is 18.3 Å². The number of piperidine rings is 1. The van der Waals surface area contributed by atoms with Crippen LogP contribution in [0.15, 0.2) is 29.6 Å².